The molecular weight excluding hydrogens is 542 g/mol. The van der Waals surface area contributed by atoms with Gasteiger partial charge in [0.15, 0.2) is 5.65 Å². The third kappa shape index (κ3) is 5.53. The Bertz CT molecular complexity index is 1750. The van der Waals surface area contributed by atoms with Gasteiger partial charge in [0.2, 0.25) is 0 Å². The Morgan fingerprint density at radius 1 is 1.00 bits per heavy atom. The highest BCUT2D eigenvalue weighted by molar-refractivity contribution is 7.99. The average Bonchev–Trinajstić information content (AvgIpc) is 3.65. The number of amides is 2. The van der Waals surface area contributed by atoms with Crippen LogP contribution < -0.4 is 10.6 Å². The Balaban J connectivity index is 1.22. The number of carbonyl (C=O) groups is 1. The lowest BCUT2D eigenvalue weighted by Crippen LogP contribution is -2.32. The summed E-state index contributed by atoms with van der Waals surface area (Å²) in [6.07, 6.45) is 2.92. The second-order valence-electron chi connectivity index (χ2n) is 12.3. The van der Waals surface area contributed by atoms with Gasteiger partial charge in [-0.15, -0.1) is 22.0 Å². The van der Waals surface area contributed by atoms with Gasteiger partial charge in [-0.25, -0.2) is 9.48 Å². The molecule has 0 radical (unpaired) electrons. The molecule has 8 nitrogen and oxygen atoms in total. The molecule has 1 aliphatic carbocycles. The summed E-state index contributed by atoms with van der Waals surface area (Å²) in [6.45, 7) is 12.7. The third-order valence-electron chi connectivity index (χ3n) is 7.67. The molecule has 0 saturated carbocycles. The molecule has 6 rings (SSSR count). The number of thioether (sulfide) groups is 1. The lowest BCUT2D eigenvalue weighted by molar-refractivity contribution is 0.248. The first-order chi connectivity index (χ1) is 20.1. The molecule has 1 aliphatic rings. The highest BCUT2D eigenvalue weighted by atomic mass is 32.2. The molecule has 0 fully saturated rings. The summed E-state index contributed by atoms with van der Waals surface area (Å²) in [5.74, 6) is 1.87. The van der Waals surface area contributed by atoms with Crippen LogP contribution >= 0.6 is 11.8 Å². The van der Waals surface area contributed by atoms with Gasteiger partial charge in [-0.1, -0.05) is 76.6 Å². The number of fused-ring (bicyclic) bond motifs is 2. The molecule has 3 heterocycles. The van der Waals surface area contributed by atoms with Crippen molar-refractivity contribution in [2.75, 3.05) is 5.32 Å². The van der Waals surface area contributed by atoms with Crippen LogP contribution in [0.4, 0.5) is 10.6 Å². The van der Waals surface area contributed by atoms with E-state index in [0.29, 0.717) is 5.82 Å². The van der Waals surface area contributed by atoms with Crippen LogP contribution in [-0.2, 0) is 5.41 Å². The zero-order chi connectivity index (χ0) is 29.6. The highest BCUT2D eigenvalue weighted by Crippen LogP contribution is 2.49. The van der Waals surface area contributed by atoms with Gasteiger partial charge in [0, 0.05) is 33.7 Å². The molecule has 0 unspecified atom stereocenters. The summed E-state index contributed by atoms with van der Waals surface area (Å²) in [4.78, 5) is 14.6. The number of urea groups is 1. The summed E-state index contributed by atoms with van der Waals surface area (Å²) in [7, 11) is 0. The minimum absolute atomic E-state index is 0.110. The average molecular weight is 580 g/mol. The minimum Gasteiger partial charge on any atom is -0.331 e. The van der Waals surface area contributed by atoms with Crippen LogP contribution in [0.1, 0.15) is 86.5 Å². The molecule has 2 atom stereocenters. The Kier molecular flexibility index (Phi) is 7.30. The van der Waals surface area contributed by atoms with Gasteiger partial charge in [0.1, 0.15) is 11.6 Å². The third-order valence-corrected chi connectivity index (χ3v) is 8.91. The van der Waals surface area contributed by atoms with E-state index in [0.717, 1.165) is 39.7 Å². The fourth-order valence-electron chi connectivity index (χ4n) is 5.38. The van der Waals surface area contributed by atoms with E-state index in [-0.39, 0.29) is 28.7 Å². The van der Waals surface area contributed by atoms with Gasteiger partial charge >= 0.3 is 6.03 Å². The molecule has 9 heteroatoms. The van der Waals surface area contributed by atoms with Gasteiger partial charge in [0.05, 0.1) is 17.4 Å². The Labute approximate surface area is 250 Å². The number of benzene rings is 2. The topological polar surface area (TPSA) is 89.1 Å². The van der Waals surface area contributed by atoms with E-state index in [4.69, 9.17) is 5.10 Å². The van der Waals surface area contributed by atoms with E-state index in [1.165, 1.54) is 11.1 Å². The zero-order valence-corrected chi connectivity index (χ0v) is 25.7. The molecule has 216 valence electrons. The van der Waals surface area contributed by atoms with Crippen LogP contribution in [0.15, 0.2) is 77.8 Å². The number of rotatable bonds is 6. The number of carbonyl (C=O) groups excluding carboxylic acids is 1. The second-order valence-corrected chi connectivity index (χ2v) is 13.6. The Hall–Kier alpha value is -4.11. The number of nitrogens with one attached hydrogen (secondary N) is 2. The monoisotopic (exact) mass is 579 g/mol. The van der Waals surface area contributed by atoms with Crippen molar-refractivity contribution in [3.8, 4) is 5.69 Å². The number of nitrogens with zero attached hydrogens (tertiary/aromatic N) is 5. The van der Waals surface area contributed by atoms with Crippen molar-refractivity contribution in [2.24, 2.45) is 0 Å². The van der Waals surface area contributed by atoms with Crippen molar-refractivity contribution >= 4 is 29.3 Å². The first-order valence-corrected chi connectivity index (χ1v) is 15.3. The van der Waals surface area contributed by atoms with E-state index in [9.17, 15) is 4.79 Å². The second kappa shape index (κ2) is 10.9. The van der Waals surface area contributed by atoms with Crippen molar-refractivity contribution < 1.29 is 4.79 Å². The van der Waals surface area contributed by atoms with Crippen LogP contribution in [0.2, 0.25) is 0 Å². The lowest BCUT2D eigenvalue weighted by atomic mass is 9.92. The summed E-state index contributed by atoms with van der Waals surface area (Å²) >= 11 is 1.81. The molecular formula is C33H37N7OS. The van der Waals surface area contributed by atoms with Crippen LogP contribution in [0, 0.1) is 6.92 Å². The standard InChI is InChI=1S/C33H37N7OS/c1-20(2)31-37-36-29-16-15-23(19-39(29)31)42-27-17-26(24-9-7-8-10-25(24)27)34-32(41)35-30-18-28(33(4,5)6)38-40(30)22-13-11-21(3)12-14-22/h7-16,18-20,26-27H,17H2,1-6H3,(H2,34,35,41)/t26-,27-/m0/s1. The lowest BCUT2D eigenvalue weighted by Gasteiger charge is -2.16. The van der Waals surface area contributed by atoms with E-state index < -0.39 is 0 Å². The number of anilines is 1. The van der Waals surface area contributed by atoms with Crippen LogP contribution in [-0.4, -0.2) is 30.4 Å². The smallest absolute Gasteiger partial charge is 0.320 e. The maximum absolute atomic E-state index is 13.5. The number of pyridine rings is 1. The summed E-state index contributed by atoms with van der Waals surface area (Å²) in [6, 6.07) is 22.3. The van der Waals surface area contributed by atoms with Crippen molar-refractivity contribution in [2.45, 2.75) is 75.5 Å². The highest BCUT2D eigenvalue weighted by Gasteiger charge is 2.33. The van der Waals surface area contributed by atoms with Gasteiger partial charge in [-0.3, -0.25) is 9.72 Å². The van der Waals surface area contributed by atoms with E-state index in [2.05, 4.69) is 109 Å². The summed E-state index contributed by atoms with van der Waals surface area (Å²) in [5, 5.41) is 20.1. The predicted molar refractivity (Wildman–Crippen MR) is 169 cm³/mol. The summed E-state index contributed by atoms with van der Waals surface area (Å²) < 4.78 is 3.90. The number of hydrogen-bond donors (Lipinski definition) is 2. The first-order valence-electron chi connectivity index (χ1n) is 14.4. The molecule has 42 heavy (non-hydrogen) atoms. The van der Waals surface area contributed by atoms with E-state index >= 15 is 0 Å². The molecule has 3 aromatic heterocycles. The fraction of sp³-hybridized carbons (Fsp3) is 0.333. The Morgan fingerprint density at radius 2 is 1.74 bits per heavy atom. The van der Waals surface area contributed by atoms with Gasteiger partial charge < -0.3 is 5.32 Å². The van der Waals surface area contributed by atoms with Crippen LogP contribution in [0.25, 0.3) is 11.3 Å². The van der Waals surface area contributed by atoms with Crippen molar-refractivity contribution in [1.29, 1.82) is 0 Å². The normalized spacial score (nSPS) is 16.6. The molecule has 0 spiro atoms. The predicted octanol–water partition coefficient (Wildman–Crippen LogP) is 7.74. The van der Waals surface area contributed by atoms with Gasteiger partial charge in [-0.2, -0.15) is 5.10 Å². The van der Waals surface area contributed by atoms with Gasteiger partial charge in [-0.05, 0) is 48.7 Å². The molecule has 2 N–H and O–H groups in total. The molecule has 2 aromatic carbocycles. The van der Waals surface area contributed by atoms with Gasteiger partial charge in [0.25, 0.3) is 0 Å². The van der Waals surface area contributed by atoms with Crippen molar-refractivity contribution in [1.82, 2.24) is 29.7 Å². The quantitative estimate of drug-likeness (QED) is 0.215. The fourth-order valence-corrected chi connectivity index (χ4v) is 6.66. The number of hydrogen-bond acceptors (Lipinski definition) is 5. The largest absolute Gasteiger partial charge is 0.331 e. The molecule has 2 amide bonds. The van der Waals surface area contributed by atoms with E-state index in [1.54, 1.807) is 0 Å². The molecule has 0 saturated heterocycles. The number of aryl methyl sites for hydroxylation is 1. The Morgan fingerprint density at radius 3 is 2.45 bits per heavy atom. The molecule has 5 aromatic rings. The first kappa shape index (κ1) is 28.0. The van der Waals surface area contributed by atoms with Crippen molar-refractivity contribution in [3.05, 3.63) is 101 Å². The van der Waals surface area contributed by atoms with Crippen LogP contribution in [0.5, 0.6) is 0 Å². The minimum atomic E-state index is -0.248. The van der Waals surface area contributed by atoms with Crippen LogP contribution in [0.3, 0.4) is 0 Å². The SMILES string of the molecule is Cc1ccc(-n2nc(C(C)(C)C)cc2NC(=O)N[C@H]2C[C@H](Sc3ccc4nnc(C(C)C)n4c3)c3ccccc32)cc1. The molecule has 0 bridgehead atoms. The number of aromatic nitrogens is 5. The maximum Gasteiger partial charge on any atom is 0.320 e. The van der Waals surface area contributed by atoms with E-state index in [1.807, 2.05) is 46.8 Å². The summed E-state index contributed by atoms with van der Waals surface area (Å²) in [5.41, 5.74) is 6.07. The maximum atomic E-state index is 13.5. The molecule has 0 aliphatic heterocycles. The zero-order valence-electron chi connectivity index (χ0n) is 24.9. The van der Waals surface area contributed by atoms with Crippen molar-refractivity contribution in [3.63, 3.8) is 0 Å².